The van der Waals surface area contributed by atoms with Crippen LogP contribution in [0.15, 0.2) is 54.0 Å². The number of nitrogens with zero attached hydrogens (tertiary/aromatic N) is 3. The Morgan fingerprint density at radius 2 is 1.95 bits per heavy atom. The fourth-order valence-corrected chi connectivity index (χ4v) is 2.09. The molecule has 0 saturated carbocycles. The van der Waals surface area contributed by atoms with Crippen molar-refractivity contribution in [3.63, 3.8) is 0 Å². The summed E-state index contributed by atoms with van der Waals surface area (Å²) in [6.45, 7) is 2.62. The Kier molecular flexibility index (Phi) is 9.29. The second-order valence-electron chi connectivity index (χ2n) is 4.82. The van der Waals surface area contributed by atoms with E-state index in [-0.39, 0.29) is 24.0 Å². The second kappa shape index (κ2) is 11.1. The summed E-state index contributed by atoms with van der Waals surface area (Å²) in [6, 6.07) is 10.5. The number of benzene rings is 1. The van der Waals surface area contributed by atoms with Gasteiger partial charge in [0.2, 0.25) is 0 Å². The van der Waals surface area contributed by atoms with Gasteiger partial charge < -0.3 is 15.2 Å². The van der Waals surface area contributed by atoms with Crippen molar-refractivity contribution in [3.8, 4) is 0 Å². The van der Waals surface area contributed by atoms with E-state index in [1.807, 2.05) is 23.2 Å². The van der Waals surface area contributed by atoms with Crippen LogP contribution in [-0.2, 0) is 13.0 Å². The Morgan fingerprint density at radius 3 is 2.64 bits per heavy atom. The molecule has 2 N–H and O–H groups in total. The first-order valence-electron chi connectivity index (χ1n) is 7.32. The predicted octanol–water partition coefficient (Wildman–Crippen LogP) is 2.30. The smallest absolute Gasteiger partial charge is 0.191 e. The third kappa shape index (κ3) is 6.93. The van der Waals surface area contributed by atoms with Crippen molar-refractivity contribution in [1.82, 2.24) is 20.2 Å². The lowest BCUT2D eigenvalue weighted by Gasteiger charge is -2.12. The van der Waals surface area contributed by atoms with E-state index < -0.39 is 0 Å². The van der Waals surface area contributed by atoms with Crippen LogP contribution in [0.5, 0.6) is 0 Å². The molecule has 0 spiro atoms. The van der Waals surface area contributed by atoms with Gasteiger partial charge in [-0.2, -0.15) is 0 Å². The fourth-order valence-electron chi connectivity index (χ4n) is 2.09. The highest BCUT2D eigenvalue weighted by Crippen LogP contribution is 2.01. The molecule has 0 radical (unpaired) electrons. The van der Waals surface area contributed by atoms with Crippen molar-refractivity contribution in [3.05, 3.63) is 54.6 Å². The lowest BCUT2D eigenvalue weighted by atomic mass is 10.1. The summed E-state index contributed by atoms with van der Waals surface area (Å²) in [6.07, 6.45) is 7.73. The van der Waals surface area contributed by atoms with Crippen LogP contribution in [0.2, 0.25) is 0 Å². The van der Waals surface area contributed by atoms with Crippen LogP contribution in [0.3, 0.4) is 0 Å². The van der Waals surface area contributed by atoms with Crippen molar-refractivity contribution in [2.24, 2.45) is 4.99 Å². The van der Waals surface area contributed by atoms with Crippen LogP contribution in [0, 0.1) is 0 Å². The molecule has 1 aromatic carbocycles. The topological polar surface area (TPSA) is 54.2 Å². The Bertz CT molecular complexity index is 525. The van der Waals surface area contributed by atoms with E-state index in [9.17, 15) is 0 Å². The summed E-state index contributed by atoms with van der Waals surface area (Å²) in [5.41, 5.74) is 1.38. The minimum atomic E-state index is 0. The standard InChI is InChI=1S/C16H23N5.HI/c1-17-16(20-11-13-21-12-10-18-14-21)19-9-5-8-15-6-3-2-4-7-15;/h2-4,6-7,10,12,14H,5,8-9,11,13H2,1H3,(H2,17,19,20);1H. The van der Waals surface area contributed by atoms with Crippen molar-refractivity contribution in [1.29, 1.82) is 0 Å². The maximum Gasteiger partial charge on any atom is 0.191 e. The number of guanidine groups is 1. The molecule has 2 rings (SSSR count). The molecule has 0 amide bonds. The largest absolute Gasteiger partial charge is 0.356 e. The summed E-state index contributed by atoms with van der Waals surface area (Å²) >= 11 is 0. The van der Waals surface area contributed by atoms with E-state index in [1.54, 1.807) is 13.2 Å². The number of aliphatic imine (C=N–C) groups is 1. The normalized spacial score (nSPS) is 10.9. The molecule has 5 nitrogen and oxygen atoms in total. The van der Waals surface area contributed by atoms with Gasteiger partial charge in [-0.1, -0.05) is 30.3 Å². The highest BCUT2D eigenvalue weighted by Gasteiger charge is 1.97. The van der Waals surface area contributed by atoms with Crippen LogP contribution in [0.4, 0.5) is 0 Å². The average molecular weight is 413 g/mol. The van der Waals surface area contributed by atoms with Gasteiger partial charge in [0.1, 0.15) is 0 Å². The van der Waals surface area contributed by atoms with Crippen LogP contribution >= 0.6 is 24.0 Å². The Morgan fingerprint density at radius 1 is 1.18 bits per heavy atom. The maximum atomic E-state index is 4.22. The number of hydrogen-bond donors (Lipinski definition) is 2. The van der Waals surface area contributed by atoms with Crippen molar-refractivity contribution < 1.29 is 0 Å². The molecule has 120 valence electrons. The molecule has 6 heteroatoms. The zero-order valence-corrected chi connectivity index (χ0v) is 15.2. The lowest BCUT2D eigenvalue weighted by molar-refractivity contribution is 0.657. The van der Waals surface area contributed by atoms with E-state index >= 15 is 0 Å². The summed E-state index contributed by atoms with van der Waals surface area (Å²) in [4.78, 5) is 8.24. The maximum absolute atomic E-state index is 4.22. The molecule has 0 bridgehead atoms. The van der Waals surface area contributed by atoms with Crippen molar-refractivity contribution in [2.45, 2.75) is 19.4 Å². The summed E-state index contributed by atoms with van der Waals surface area (Å²) in [5.74, 6) is 0.850. The molecule has 0 aliphatic heterocycles. The van der Waals surface area contributed by atoms with E-state index in [0.29, 0.717) is 0 Å². The lowest BCUT2D eigenvalue weighted by Crippen LogP contribution is -2.39. The molecule has 0 fully saturated rings. The molecule has 0 saturated heterocycles. The second-order valence-corrected chi connectivity index (χ2v) is 4.82. The third-order valence-electron chi connectivity index (χ3n) is 3.22. The van der Waals surface area contributed by atoms with Crippen LogP contribution in [0.1, 0.15) is 12.0 Å². The predicted molar refractivity (Wildman–Crippen MR) is 102 cm³/mol. The van der Waals surface area contributed by atoms with Gasteiger partial charge in [0, 0.05) is 39.1 Å². The monoisotopic (exact) mass is 413 g/mol. The summed E-state index contributed by atoms with van der Waals surface area (Å²) in [7, 11) is 1.80. The summed E-state index contributed by atoms with van der Waals surface area (Å²) < 4.78 is 2.04. The van der Waals surface area contributed by atoms with Crippen molar-refractivity contribution >= 4 is 29.9 Å². The van der Waals surface area contributed by atoms with Gasteiger partial charge in [0.25, 0.3) is 0 Å². The number of aryl methyl sites for hydroxylation is 1. The summed E-state index contributed by atoms with van der Waals surface area (Å²) in [5, 5.41) is 6.63. The third-order valence-corrected chi connectivity index (χ3v) is 3.22. The average Bonchev–Trinajstić information content (AvgIpc) is 3.04. The van der Waals surface area contributed by atoms with E-state index in [1.165, 1.54) is 5.56 Å². The number of nitrogens with one attached hydrogen (secondary N) is 2. The molecule has 22 heavy (non-hydrogen) atoms. The molecular formula is C16H24IN5. The van der Waals surface area contributed by atoms with E-state index in [0.717, 1.165) is 38.4 Å². The molecule has 1 aromatic heterocycles. The van der Waals surface area contributed by atoms with Gasteiger partial charge in [-0.05, 0) is 18.4 Å². The Balaban J connectivity index is 0.00000242. The van der Waals surface area contributed by atoms with Crippen LogP contribution in [0.25, 0.3) is 0 Å². The molecule has 1 heterocycles. The number of imidazole rings is 1. The fraction of sp³-hybridized carbons (Fsp3) is 0.375. The SMILES string of the molecule is CN=C(NCCCc1ccccc1)NCCn1ccnc1.I. The van der Waals surface area contributed by atoms with Crippen LogP contribution < -0.4 is 10.6 Å². The number of rotatable bonds is 7. The van der Waals surface area contributed by atoms with Gasteiger partial charge in [0.05, 0.1) is 6.33 Å². The molecule has 0 aliphatic carbocycles. The Labute approximate surface area is 149 Å². The molecular weight excluding hydrogens is 389 g/mol. The van der Waals surface area contributed by atoms with E-state index in [2.05, 4.69) is 44.9 Å². The van der Waals surface area contributed by atoms with Gasteiger partial charge in [-0.3, -0.25) is 4.99 Å². The minimum absolute atomic E-state index is 0. The molecule has 0 aliphatic rings. The number of aromatic nitrogens is 2. The van der Waals surface area contributed by atoms with Gasteiger partial charge in [0.15, 0.2) is 5.96 Å². The van der Waals surface area contributed by atoms with Gasteiger partial charge in [-0.25, -0.2) is 4.98 Å². The zero-order chi connectivity index (χ0) is 14.8. The molecule has 2 aromatic rings. The zero-order valence-electron chi connectivity index (χ0n) is 12.9. The van der Waals surface area contributed by atoms with Gasteiger partial charge in [-0.15, -0.1) is 24.0 Å². The highest BCUT2D eigenvalue weighted by molar-refractivity contribution is 14.0. The van der Waals surface area contributed by atoms with Gasteiger partial charge >= 0.3 is 0 Å². The number of halogens is 1. The first kappa shape index (κ1) is 18.5. The molecule has 0 atom stereocenters. The van der Waals surface area contributed by atoms with E-state index in [4.69, 9.17) is 0 Å². The molecule has 0 unspecified atom stereocenters. The Hall–Kier alpha value is -1.57. The quantitative estimate of drug-likeness (QED) is 0.317. The van der Waals surface area contributed by atoms with Crippen molar-refractivity contribution in [2.75, 3.05) is 20.1 Å². The highest BCUT2D eigenvalue weighted by atomic mass is 127. The minimum Gasteiger partial charge on any atom is -0.356 e. The van der Waals surface area contributed by atoms with Crippen LogP contribution in [-0.4, -0.2) is 35.6 Å². The number of hydrogen-bond acceptors (Lipinski definition) is 2. The first-order valence-corrected chi connectivity index (χ1v) is 7.32. The first-order chi connectivity index (χ1) is 10.4.